The summed E-state index contributed by atoms with van der Waals surface area (Å²) in [5, 5.41) is 7.08. The molecule has 0 amide bonds. The Bertz CT molecular complexity index is 415. The number of rotatable bonds is 7. The van der Waals surface area contributed by atoms with E-state index in [0.717, 1.165) is 37.4 Å². The maximum atomic E-state index is 3.63. The first-order valence-electron chi connectivity index (χ1n) is 7.91. The number of nitrogens with one attached hydrogen (secondary N) is 2. The number of benzene rings is 1. The van der Waals surface area contributed by atoms with Crippen LogP contribution in [0.1, 0.15) is 36.8 Å². The molecule has 2 heteroatoms. The fourth-order valence-electron chi connectivity index (χ4n) is 3.73. The van der Waals surface area contributed by atoms with E-state index in [4.69, 9.17) is 0 Å². The van der Waals surface area contributed by atoms with Crippen molar-refractivity contribution in [2.24, 2.45) is 11.8 Å². The minimum Gasteiger partial charge on any atom is -0.315 e. The van der Waals surface area contributed by atoms with Crippen LogP contribution in [-0.4, -0.2) is 26.2 Å². The first-order chi connectivity index (χ1) is 9.42. The standard InChI is InChI=1S/C17H26N2/c1-2-9-18-10-11-19-12-16-15-8-7-13-5-3-4-6-14(13)17(15)16/h3-6,15-19H,2,7-12H2,1H3. The summed E-state index contributed by atoms with van der Waals surface area (Å²) in [5.74, 6) is 2.72. The highest BCUT2D eigenvalue weighted by Crippen LogP contribution is 2.59. The van der Waals surface area contributed by atoms with Gasteiger partial charge in [-0.1, -0.05) is 31.2 Å². The number of hydrogen-bond donors (Lipinski definition) is 2. The van der Waals surface area contributed by atoms with Crippen molar-refractivity contribution >= 4 is 0 Å². The zero-order valence-electron chi connectivity index (χ0n) is 12.0. The van der Waals surface area contributed by atoms with Gasteiger partial charge in [0.2, 0.25) is 0 Å². The van der Waals surface area contributed by atoms with E-state index in [1.165, 1.54) is 25.8 Å². The molecule has 0 radical (unpaired) electrons. The number of aryl methyl sites for hydroxylation is 1. The Labute approximate surface area is 117 Å². The summed E-state index contributed by atoms with van der Waals surface area (Å²) in [6.45, 7) is 6.78. The molecule has 0 aromatic heterocycles. The van der Waals surface area contributed by atoms with Gasteiger partial charge in [0, 0.05) is 13.1 Å². The molecule has 0 saturated heterocycles. The third kappa shape index (κ3) is 2.85. The van der Waals surface area contributed by atoms with Crippen LogP contribution in [0.25, 0.3) is 0 Å². The summed E-state index contributed by atoms with van der Waals surface area (Å²) >= 11 is 0. The first-order valence-corrected chi connectivity index (χ1v) is 7.91. The molecule has 3 rings (SSSR count). The third-order valence-electron chi connectivity index (χ3n) is 4.78. The van der Waals surface area contributed by atoms with Crippen molar-refractivity contribution in [3.63, 3.8) is 0 Å². The van der Waals surface area contributed by atoms with Gasteiger partial charge in [0.05, 0.1) is 0 Å². The lowest BCUT2D eigenvalue weighted by Gasteiger charge is -2.13. The van der Waals surface area contributed by atoms with Crippen LogP contribution in [0.3, 0.4) is 0 Å². The molecule has 3 unspecified atom stereocenters. The molecular weight excluding hydrogens is 232 g/mol. The second-order valence-electron chi connectivity index (χ2n) is 6.05. The second kappa shape index (κ2) is 6.06. The van der Waals surface area contributed by atoms with Gasteiger partial charge in [0.15, 0.2) is 0 Å². The van der Waals surface area contributed by atoms with Crippen molar-refractivity contribution < 1.29 is 0 Å². The normalized spacial score (nSPS) is 27.7. The van der Waals surface area contributed by atoms with E-state index in [0.29, 0.717) is 0 Å². The minimum absolute atomic E-state index is 0.862. The molecule has 0 heterocycles. The van der Waals surface area contributed by atoms with Crippen LogP contribution in [0.2, 0.25) is 0 Å². The Hall–Kier alpha value is -0.860. The lowest BCUT2D eigenvalue weighted by atomic mass is 9.92. The Balaban J connectivity index is 1.43. The van der Waals surface area contributed by atoms with Gasteiger partial charge in [-0.2, -0.15) is 0 Å². The van der Waals surface area contributed by atoms with Gasteiger partial charge in [0.1, 0.15) is 0 Å². The highest BCUT2D eigenvalue weighted by molar-refractivity contribution is 5.39. The fraction of sp³-hybridized carbons (Fsp3) is 0.647. The molecule has 1 fully saturated rings. The van der Waals surface area contributed by atoms with E-state index in [9.17, 15) is 0 Å². The summed E-state index contributed by atoms with van der Waals surface area (Å²) in [7, 11) is 0. The molecule has 2 nitrogen and oxygen atoms in total. The molecule has 2 aliphatic rings. The van der Waals surface area contributed by atoms with Crippen molar-refractivity contribution in [2.45, 2.75) is 32.1 Å². The molecule has 2 aliphatic carbocycles. The minimum atomic E-state index is 0.862. The predicted molar refractivity (Wildman–Crippen MR) is 80.5 cm³/mol. The Morgan fingerprint density at radius 1 is 1.11 bits per heavy atom. The van der Waals surface area contributed by atoms with E-state index in [1.807, 2.05) is 0 Å². The molecule has 1 saturated carbocycles. The predicted octanol–water partition coefficient (Wildman–Crippen LogP) is 2.55. The lowest BCUT2D eigenvalue weighted by Crippen LogP contribution is -2.29. The number of fused-ring (bicyclic) bond motifs is 3. The molecule has 0 spiro atoms. The van der Waals surface area contributed by atoms with Crippen LogP contribution < -0.4 is 10.6 Å². The topological polar surface area (TPSA) is 24.1 Å². The summed E-state index contributed by atoms with van der Waals surface area (Å²) in [4.78, 5) is 0. The number of hydrogen-bond acceptors (Lipinski definition) is 2. The molecule has 104 valence electrons. The third-order valence-corrected chi connectivity index (χ3v) is 4.78. The Morgan fingerprint density at radius 2 is 1.95 bits per heavy atom. The zero-order valence-corrected chi connectivity index (χ0v) is 12.0. The van der Waals surface area contributed by atoms with Crippen LogP contribution in [0.15, 0.2) is 24.3 Å². The van der Waals surface area contributed by atoms with Crippen molar-refractivity contribution in [2.75, 3.05) is 26.2 Å². The SMILES string of the molecule is CCCNCCNCC1C2CCc3ccccc3C21. The van der Waals surface area contributed by atoms with Crippen LogP contribution in [0.4, 0.5) is 0 Å². The zero-order chi connectivity index (χ0) is 13.1. The highest BCUT2D eigenvalue weighted by atomic mass is 14.9. The molecule has 3 atom stereocenters. The Kier molecular flexibility index (Phi) is 4.19. The molecule has 2 N–H and O–H groups in total. The van der Waals surface area contributed by atoms with Crippen LogP contribution in [0.5, 0.6) is 0 Å². The van der Waals surface area contributed by atoms with Gasteiger partial charge < -0.3 is 10.6 Å². The van der Waals surface area contributed by atoms with Crippen LogP contribution >= 0.6 is 0 Å². The van der Waals surface area contributed by atoms with Crippen LogP contribution in [0, 0.1) is 11.8 Å². The monoisotopic (exact) mass is 258 g/mol. The van der Waals surface area contributed by atoms with Crippen molar-refractivity contribution in [1.82, 2.24) is 10.6 Å². The van der Waals surface area contributed by atoms with E-state index < -0.39 is 0 Å². The molecule has 1 aromatic carbocycles. The summed E-state index contributed by atoms with van der Waals surface area (Å²) in [6, 6.07) is 9.07. The highest BCUT2D eigenvalue weighted by Gasteiger charge is 2.52. The maximum Gasteiger partial charge on any atom is 0.00768 e. The van der Waals surface area contributed by atoms with E-state index in [2.05, 4.69) is 41.8 Å². The maximum absolute atomic E-state index is 3.63. The Morgan fingerprint density at radius 3 is 2.84 bits per heavy atom. The summed E-state index contributed by atoms with van der Waals surface area (Å²) in [6.07, 6.45) is 3.93. The van der Waals surface area contributed by atoms with Gasteiger partial charge in [-0.3, -0.25) is 0 Å². The summed E-state index contributed by atoms with van der Waals surface area (Å²) in [5.41, 5.74) is 3.26. The van der Waals surface area contributed by atoms with Gasteiger partial charge in [-0.05, 0) is 61.2 Å². The van der Waals surface area contributed by atoms with E-state index in [-0.39, 0.29) is 0 Å². The molecule has 19 heavy (non-hydrogen) atoms. The van der Waals surface area contributed by atoms with E-state index in [1.54, 1.807) is 11.1 Å². The lowest BCUT2D eigenvalue weighted by molar-refractivity contribution is 0.557. The largest absolute Gasteiger partial charge is 0.315 e. The smallest absolute Gasteiger partial charge is 0.00768 e. The van der Waals surface area contributed by atoms with Gasteiger partial charge in [-0.25, -0.2) is 0 Å². The molecule has 0 aliphatic heterocycles. The molecular formula is C17H26N2. The van der Waals surface area contributed by atoms with Gasteiger partial charge >= 0.3 is 0 Å². The van der Waals surface area contributed by atoms with E-state index >= 15 is 0 Å². The average molecular weight is 258 g/mol. The van der Waals surface area contributed by atoms with Gasteiger partial charge in [0.25, 0.3) is 0 Å². The summed E-state index contributed by atoms with van der Waals surface area (Å²) < 4.78 is 0. The average Bonchev–Trinajstić information content (AvgIpc) is 3.17. The van der Waals surface area contributed by atoms with Gasteiger partial charge in [-0.15, -0.1) is 0 Å². The first kappa shape index (κ1) is 13.1. The molecule has 1 aromatic rings. The van der Waals surface area contributed by atoms with Crippen molar-refractivity contribution in [3.05, 3.63) is 35.4 Å². The van der Waals surface area contributed by atoms with Crippen molar-refractivity contribution in [1.29, 1.82) is 0 Å². The second-order valence-corrected chi connectivity index (χ2v) is 6.05. The van der Waals surface area contributed by atoms with Crippen molar-refractivity contribution in [3.8, 4) is 0 Å². The van der Waals surface area contributed by atoms with Crippen LogP contribution in [-0.2, 0) is 6.42 Å². The molecule has 0 bridgehead atoms. The fourth-order valence-corrected chi connectivity index (χ4v) is 3.73. The quantitative estimate of drug-likeness (QED) is 0.735.